The predicted molar refractivity (Wildman–Crippen MR) is 125 cm³/mol. The van der Waals surface area contributed by atoms with Crippen molar-refractivity contribution in [3.05, 3.63) is 70.0 Å². The summed E-state index contributed by atoms with van der Waals surface area (Å²) in [5, 5.41) is 9.08. The van der Waals surface area contributed by atoms with Crippen LogP contribution in [-0.2, 0) is 23.5 Å². The highest BCUT2D eigenvalue weighted by Crippen LogP contribution is 2.37. The normalized spacial score (nSPS) is 18.5. The summed E-state index contributed by atoms with van der Waals surface area (Å²) < 4.78 is 98.5. The third kappa shape index (κ3) is 7.37. The fourth-order valence-corrected chi connectivity index (χ4v) is 4.62. The number of benzene rings is 2. The minimum absolute atomic E-state index is 0.0665. The number of nitrogens with zero attached hydrogens (tertiary/aromatic N) is 2. The van der Waals surface area contributed by atoms with E-state index in [1.165, 1.54) is 24.1 Å². The molecular weight excluding hydrogens is 521 g/mol. The molecule has 1 aliphatic rings. The summed E-state index contributed by atoms with van der Waals surface area (Å²) in [6.45, 7) is 1.77. The van der Waals surface area contributed by atoms with E-state index >= 15 is 0 Å². The van der Waals surface area contributed by atoms with Crippen molar-refractivity contribution < 1.29 is 45.4 Å². The Kier molecular flexibility index (Phi) is 9.30. The van der Waals surface area contributed by atoms with Crippen LogP contribution >= 0.6 is 0 Å². The van der Waals surface area contributed by atoms with Crippen LogP contribution in [0.25, 0.3) is 0 Å². The summed E-state index contributed by atoms with van der Waals surface area (Å²) in [6.07, 6.45) is -9.59. The highest BCUT2D eigenvalue weighted by atomic mass is 19.4. The number of likely N-dealkylation sites (tertiary alicyclic amines) is 1. The van der Waals surface area contributed by atoms with E-state index < -0.39 is 41.4 Å². The molecule has 1 fully saturated rings. The van der Waals surface area contributed by atoms with Gasteiger partial charge in [0.25, 0.3) is 0 Å². The molecule has 2 aromatic rings. The number of urea groups is 1. The van der Waals surface area contributed by atoms with Crippen LogP contribution in [0.5, 0.6) is 0 Å². The molecule has 2 aromatic carbocycles. The first-order valence-corrected chi connectivity index (χ1v) is 12.0. The molecule has 0 aromatic heterocycles. The standard InChI is InChI=1S/C26H29F7N2O3/c1-16-11-20(27)3-4-22(16)23-15-21(38-10-9-36)6-8-35(23)24(37)34(2)7-5-17-12-18(25(28,29)30)14-19(13-17)26(31,32)33/h3-4,11-14,21,23,36H,5-10,15H2,1-2H3/t21-,23+/m0/s1. The molecule has 2 atom stereocenters. The van der Waals surface area contributed by atoms with Crippen LogP contribution in [0.1, 0.15) is 46.7 Å². The second kappa shape index (κ2) is 11.9. The number of aliphatic hydroxyl groups excluding tert-OH is 1. The van der Waals surface area contributed by atoms with Crippen LogP contribution in [0.4, 0.5) is 35.5 Å². The zero-order valence-electron chi connectivity index (χ0n) is 20.9. The van der Waals surface area contributed by atoms with Crippen molar-refractivity contribution in [2.45, 2.75) is 50.7 Å². The van der Waals surface area contributed by atoms with Crippen molar-refractivity contribution in [3.63, 3.8) is 0 Å². The molecule has 1 heterocycles. The molecule has 1 aliphatic heterocycles. The second-order valence-corrected chi connectivity index (χ2v) is 9.32. The number of carbonyl (C=O) groups is 1. The molecule has 0 unspecified atom stereocenters. The van der Waals surface area contributed by atoms with Gasteiger partial charge in [-0.2, -0.15) is 26.3 Å². The molecule has 0 saturated carbocycles. The number of rotatable bonds is 7. The number of hydrogen-bond donors (Lipinski definition) is 1. The van der Waals surface area contributed by atoms with E-state index in [9.17, 15) is 35.5 Å². The van der Waals surface area contributed by atoms with Gasteiger partial charge in [0, 0.05) is 20.1 Å². The predicted octanol–water partition coefficient (Wildman–Crippen LogP) is 5.98. The molecule has 210 valence electrons. The van der Waals surface area contributed by atoms with Crippen molar-refractivity contribution in [1.82, 2.24) is 9.80 Å². The number of ether oxygens (including phenoxy) is 1. The first kappa shape index (κ1) is 29.7. The van der Waals surface area contributed by atoms with Crippen molar-refractivity contribution in [2.75, 3.05) is 33.4 Å². The average molecular weight is 551 g/mol. The van der Waals surface area contributed by atoms with Gasteiger partial charge in [-0.25, -0.2) is 9.18 Å². The molecule has 2 amide bonds. The lowest BCUT2D eigenvalue weighted by atomic mass is 9.90. The highest BCUT2D eigenvalue weighted by Gasteiger charge is 2.38. The number of carbonyl (C=O) groups excluding carboxylic acids is 1. The summed E-state index contributed by atoms with van der Waals surface area (Å²) in [5.74, 6) is -0.440. The van der Waals surface area contributed by atoms with Crippen LogP contribution in [0, 0.1) is 12.7 Å². The molecule has 5 nitrogen and oxygen atoms in total. The zero-order chi connectivity index (χ0) is 28.3. The van der Waals surface area contributed by atoms with Crippen LogP contribution in [0.15, 0.2) is 36.4 Å². The van der Waals surface area contributed by atoms with Crippen molar-refractivity contribution in [1.29, 1.82) is 0 Å². The van der Waals surface area contributed by atoms with Gasteiger partial charge >= 0.3 is 18.4 Å². The number of likely N-dealkylation sites (N-methyl/N-ethyl adjacent to an activating group) is 1. The topological polar surface area (TPSA) is 53.0 Å². The summed E-state index contributed by atoms with van der Waals surface area (Å²) in [5.41, 5.74) is -1.71. The third-order valence-electron chi connectivity index (χ3n) is 6.55. The summed E-state index contributed by atoms with van der Waals surface area (Å²) in [6, 6.07) is 4.59. The van der Waals surface area contributed by atoms with Gasteiger partial charge < -0.3 is 19.6 Å². The van der Waals surface area contributed by atoms with E-state index in [-0.39, 0.29) is 50.5 Å². The first-order chi connectivity index (χ1) is 17.7. The van der Waals surface area contributed by atoms with Crippen molar-refractivity contribution in [3.8, 4) is 0 Å². The maximum Gasteiger partial charge on any atom is 0.416 e. The van der Waals surface area contributed by atoms with Gasteiger partial charge in [-0.05, 0) is 73.2 Å². The van der Waals surface area contributed by atoms with Gasteiger partial charge in [0.1, 0.15) is 5.82 Å². The number of halogens is 7. The molecule has 0 radical (unpaired) electrons. The molecule has 3 rings (SSSR count). The van der Waals surface area contributed by atoms with Gasteiger partial charge in [0.05, 0.1) is 36.5 Å². The van der Waals surface area contributed by atoms with Crippen LogP contribution < -0.4 is 0 Å². The van der Waals surface area contributed by atoms with E-state index in [1.807, 2.05) is 0 Å². The van der Waals surface area contributed by atoms with Crippen LogP contribution in [0.3, 0.4) is 0 Å². The highest BCUT2D eigenvalue weighted by molar-refractivity contribution is 5.75. The molecule has 12 heteroatoms. The van der Waals surface area contributed by atoms with E-state index in [1.54, 1.807) is 17.9 Å². The summed E-state index contributed by atoms with van der Waals surface area (Å²) >= 11 is 0. The van der Waals surface area contributed by atoms with Gasteiger partial charge in [-0.1, -0.05) is 6.07 Å². The number of aryl methyl sites for hydroxylation is 1. The van der Waals surface area contributed by atoms with Gasteiger partial charge in [0.2, 0.25) is 0 Å². The Hall–Kier alpha value is -2.86. The Labute approximate surface area is 215 Å². The van der Waals surface area contributed by atoms with Crippen LogP contribution in [0.2, 0.25) is 0 Å². The molecule has 38 heavy (non-hydrogen) atoms. The van der Waals surface area contributed by atoms with Gasteiger partial charge in [0.15, 0.2) is 0 Å². The third-order valence-corrected chi connectivity index (χ3v) is 6.55. The smallest absolute Gasteiger partial charge is 0.394 e. The van der Waals surface area contributed by atoms with E-state index in [2.05, 4.69) is 0 Å². The Morgan fingerprint density at radius 1 is 1.08 bits per heavy atom. The quantitative estimate of drug-likeness (QED) is 0.432. The minimum atomic E-state index is -4.96. The van der Waals surface area contributed by atoms with E-state index in [0.717, 1.165) is 0 Å². The zero-order valence-corrected chi connectivity index (χ0v) is 20.9. The fourth-order valence-electron chi connectivity index (χ4n) is 4.62. The first-order valence-electron chi connectivity index (χ1n) is 12.0. The van der Waals surface area contributed by atoms with E-state index in [4.69, 9.17) is 9.84 Å². The largest absolute Gasteiger partial charge is 0.416 e. The molecule has 0 aliphatic carbocycles. The van der Waals surface area contributed by atoms with Gasteiger partial charge in [-0.3, -0.25) is 0 Å². The lowest BCUT2D eigenvalue weighted by molar-refractivity contribution is -0.143. The molecule has 0 spiro atoms. The molecule has 0 bridgehead atoms. The molecular formula is C26H29F7N2O3. The Bertz CT molecular complexity index is 1090. The number of hydrogen-bond acceptors (Lipinski definition) is 3. The number of aliphatic hydroxyl groups is 1. The second-order valence-electron chi connectivity index (χ2n) is 9.32. The number of amides is 2. The molecule has 1 N–H and O–H groups in total. The van der Waals surface area contributed by atoms with Gasteiger partial charge in [-0.15, -0.1) is 0 Å². The monoisotopic (exact) mass is 550 g/mol. The lowest BCUT2D eigenvalue weighted by Gasteiger charge is -2.41. The maximum atomic E-state index is 13.7. The summed E-state index contributed by atoms with van der Waals surface area (Å²) in [4.78, 5) is 16.2. The van der Waals surface area contributed by atoms with Crippen LogP contribution in [-0.4, -0.2) is 60.4 Å². The summed E-state index contributed by atoms with van der Waals surface area (Å²) in [7, 11) is 1.42. The Morgan fingerprint density at radius 3 is 2.26 bits per heavy atom. The average Bonchev–Trinajstić information content (AvgIpc) is 2.84. The lowest BCUT2D eigenvalue weighted by Crippen LogP contribution is -2.49. The maximum absolute atomic E-state index is 13.7. The minimum Gasteiger partial charge on any atom is -0.394 e. The van der Waals surface area contributed by atoms with Crippen molar-refractivity contribution in [2.24, 2.45) is 0 Å². The molecule has 1 saturated heterocycles. The number of piperidine rings is 1. The SMILES string of the molecule is Cc1cc(F)ccc1[C@H]1C[C@@H](OCCO)CCN1C(=O)N(C)CCc1cc(C(F)(F)F)cc(C(F)(F)F)c1. The van der Waals surface area contributed by atoms with Crippen molar-refractivity contribution >= 4 is 6.03 Å². The Morgan fingerprint density at radius 2 is 1.71 bits per heavy atom. The Balaban J connectivity index is 1.80. The fraction of sp³-hybridized carbons (Fsp3) is 0.500. The number of alkyl halides is 6. The van der Waals surface area contributed by atoms with E-state index in [0.29, 0.717) is 36.1 Å².